The van der Waals surface area contributed by atoms with Crippen molar-refractivity contribution in [2.24, 2.45) is 0 Å². The lowest BCUT2D eigenvalue weighted by molar-refractivity contribution is -0.126. The highest BCUT2D eigenvalue weighted by molar-refractivity contribution is 7.91. The Labute approximate surface area is 120 Å². The van der Waals surface area contributed by atoms with Crippen molar-refractivity contribution in [1.82, 2.24) is 4.90 Å². The number of sulfone groups is 1. The number of aryl methyl sites for hydroxylation is 1. The molecule has 0 heterocycles. The molecule has 1 aromatic carbocycles. The Kier molecular flexibility index (Phi) is 5.33. The minimum absolute atomic E-state index is 0.0799. The number of nitrogens with one attached hydrogen (secondary N) is 1. The van der Waals surface area contributed by atoms with Crippen LogP contribution in [0.5, 0.6) is 0 Å². The number of likely N-dealkylation sites (N-methyl/N-ethyl adjacent to an activating group) is 1. The van der Waals surface area contributed by atoms with Crippen LogP contribution in [-0.4, -0.2) is 45.6 Å². The SMILES string of the molecule is C=CCS(=O)(=O)c1ccc(C)c(NCC(=O)N(C)C)c1. The van der Waals surface area contributed by atoms with Gasteiger partial charge in [0.2, 0.25) is 5.91 Å². The van der Waals surface area contributed by atoms with Crippen LogP contribution in [0.2, 0.25) is 0 Å². The second kappa shape index (κ2) is 6.56. The van der Waals surface area contributed by atoms with Gasteiger partial charge in [0.1, 0.15) is 0 Å². The Morgan fingerprint density at radius 2 is 2.05 bits per heavy atom. The normalized spacial score (nSPS) is 10.9. The Morgan fingerprint density at radius 3 is 2.60 bits per heavy atom. The average Bonchev–Trinajstić information content (AvgIpc) is 2.36. The van der Waals surface area contributed by atoms with Crippen LogP contribution in [0.15, 0.2) is 35.7 Å². The second-order valence-corrected chi connectivity index (χ2v) is 6.72. The topological polar surface area (TPSA) is 66.5 Å². The van der Waals surface area contributed by atoms with Gasteiger partial charge in [0.15, 0.2) is 9.84 Å². The van der Waals surface area contributed by atoms with Crippen LogP contribution in [0, 0.1) is 6.92 Å². The third kappa shape index (κ3) is 4.09. The van der Waals surface area contributed by atoms with Crippen LogP contribution in [0.1, 0.15) is 5.56 Å². The zero-order valence-electron chi connectivity index (χ0n) is 12.0. The molecule has 0 aliphatic carbocycles. The van der Waals surface area contributed by atoms with Gasteiger partial charge in [-0.15, -0.1) is 6.58 Å². The first-order chi connectivity index (χ1) is 9.27. The van der Waals surface area contributed by atoms with Gasteiger partial charge in [-0.2, -0.15) is 0 Å². The summed E-state index contributed by atoms with van der Waals surface area (Å²) in [7, 11) is -0.0209. The Morgan fingerprint density at radius 1 is 1.40 bits per heavy atom. The van der Waals surface area contributed by atoms with Crippen molar-refractivity contribution in [2.45, 2.75) is 11.8 Å². The Balaban J connectivity index is 2.98. The van der Waals surface area contributed by atoms with Crippen molar-refractivity contribution in [1.29, 1.82) is 0 Å². The molecule has 1 amide bonds. The molecule has 0 saturated carbocycles. The van der Waals surface area contributed by atoms with Crippen LogP contribution in [0.3, 0.4) is 0 Å². The fraction of sp³-hybridized carbons (Fsp3) is 0.357. The quantitative estimate of drug-likeness (QED) is 0.807. The second-order valence-electron chi connectivity index (χ2n) is 4.69. The van der Waals surface area contributed by atoms with E-state index < -0.39 is 9.84 Å². The van der Waals surface area contributed by atoms with Gasteiger partial charge < -0.3 is 10.2 Å². The summed E-state index contributed by atoms with van der Waals surface area (Å²) in [5.41, 5.74) is 1.53. The summed E-state index contributed by atoms with van der Waals surface area (Å²) in [6.45, 7) is 5.42. The van der Waals surface area contributed by atoms with Crippen molar-refractivity contribution >= 4 is 21.4 Å². The molecule has 110 valence electrons. The molecular weight excluding hydrogens is 276 g/mol. The maximum absolute atomic E-state index is 12.0. The van der Waals surface area contributed by atoms with Crippen LogP contribution >= 0.6 is 0 Å². The summed E-state index contributed by atoms with van der Waals surface area (Å²) in [6.07, 6.45) is 1.36. The highest BCUT2D eigenvalue weighted by Gasteiger charge is 2.14. The van der Waals surface area contributed by atoms with Gasteiger partial charge >= 0.3 is 0 Å². The zero-order chi connectivity index (χ0) is 15.3. The van der Waals surface area contributed by atoms with Crippen LogP contribution in [0.25, 0.3) is 0 Å². The van der Waals surface area contributed by atoms with Crippen molar-refractivity contribution in [3.05, 3.63) is 36.4 Å². The molecule has 0 aliphatic heterocycles. The molecule has 0 spiro atoms. The third-order valence-electron chi connectivity index (χ3n) is 2.83. The van der Waals surface area contributed by atoms with Gasteiger partial charge in [-0.1, -0.05) is 12.1 Å². The number of hydrogen-bond acceptors (Lipinski definition) is 4. The van der Waals surface area contributed by atoms with Gasteiger partial charge in [-0.05, 0) is 24.6 Å². The van der Waals surface area contributed by atoms with E-state index in [-0.39, 0.29) is 23.1 Å². The lowest BCUT2D eigenvalue weighted by Crippen LogP contribution is -2.28. The van der Waals surface area contributed by atoms with Crippen LogP contribution < -0.4 is 5.32 Å². The third-order valence-corrected chi connectivity index (χ3v) is 4.48. The van der Waals surface area contributed by atoms with E-state index in [1.165, 1.54) is 11.0 Å². The number of anilines is 1. The number of benzene rings is 1. The van der Waals surface area contributed by atoms with E-state index in [2.05, 4.69) is 11.9 Å². The van der Waals surface area contributed by atoms with E-state index in [1.807, 2.05) is 6.92 Å². The van der Waals surface area contributed by atoms with E-state index in [1.54, 1.807) is 32.3 Å². The zero-order valence-corrected chi connectivity index (χ0v) is 12.8. The Bertz CT molecular complexity index is 607. The van der Waals surface area contributed by atoms with Gasteiger partial charge in [-0.3, -0.25) is 4.79 Å². The standard InChI is InChI=1S/C14H20N2O3S/c1-5-8-20(18,19)12-7-6-11(2)13(9-12)15-10-14(17)16(3)4/h5-7,9,15H,1,8,10H2,2-4H3. The maximum Gasteiger partial charge on any atom is 0.241 e. The van der Waals surface area contributed by atoms with E-state index in [4.69, 9.17) is 0 Å². The summed E-state index contributed by atoms with van der Waals surface area (Å²) in [5, 5.41) is 2.97. The minimum atomic E-state index is -3.36. The monoisotopic (exact) mass is 296 g/mol. The summed E-state index contributed by atoms with van der Waals surface area (Å²) in [5.74, 6) is -0.185. The molecule has 1 aromatic rings. The molecule has 0 bridgehead atoms. The van der Waals surface area contributed by atoms with Gasteiger partial charge in [-0.25, -0.2) is 8.42 Å². The smallest absolute Gasteiger partial charge is 0.241 e. The van der Waals surface area contributed by atoms with Crippen molar-refractivity contribution < 1.29 is 13.2 Å². The summed E-state index contributed by atoms with van der Waals surface area (Å²) < 4.78 is 23.9. The first-order valence-electron chi connectivity index (χ1n) is 6.16. The predicted octanol–water partition coefficient (Wildman–Crippen LogP) is 1.45. The molecule has 0 atom stereocenters. The lowest BCUT2D eigenvalue weighted by atomic mass is 10.2. The van der Waals surface area contributed by atoms with Crippen molar-refractivity contribution in [2.75, 3.05) is 31.7 Å². The molecule has 1 N–H and O–H groups in total. The van der Waals surface area contributed by atoms with Crippen LogP contribution in [0.4, 0.5) is 5.69 Å². The first kappa shape index (κ1) is 16.2. The summed E-state index contributed by atoms with van der Waals surface area (Å²) in [4.78, 5) is 13.2. The number of rotatable bonds is 6. The molecule has 0 fully saturated rings. The number of nitrogens with zero attached hydrogens (tertiary/aromatic N) is 1. The van der Waals surface area contributed by atoms with Gasteiger partial charge in [0.05, 0.1) is 17.2 Å². The predicted molar refractivity (Wildman–Crippen MR) is 80.6 cm³/mol. The van der Waals surface area contributed by atoms with E-state index >= 15 is 0 Å². The molecule has 0 aliphatic rings. The molecule has 0 saturated heterocycles. The van der Waals surface area contributed by atoms with E-state index in [0.29, 0.717) is 5.69 Å². The van der Waals surface area contributed by atoms with Crippen molar-refractivity contribution in [3.8, 4) is 0 Å². The Hall–Kier alpha value is -1.82. The molecular formula is C14H20N2O3S. The molecule has 20 heavy (non-hydrogen) atoms. The fourth-order valence-corrected chi connectivity index (χ4v) is 2.64. The maximum atomic E-state index is 12.0. The van der Waals surface area contributed by atoms with Crippen LogP contribution in [-0.2, 0) is 14.6 Å². The average molecular weight is 296 g/mol. The minimum Gasteiger partial charge on any atom is -0.376 e. The summed E-state index contributed by atoms with van der Waals surface area (Å²) >= 11 is 0. The number of carbonyl (C=O) groups is 1. The number of carbonyl (C=O) groups excluding carboxylic acids is 1. The molecule has 5 nitrogen and oxygen atoms in total. The highest BCUT2D eigenvalue weighted by Crippen LogP contribution is 2.21. The number of hydrogen-bond donors (Lipinski definition) is 1. The lowest BCUT2D eigenvalue weighted by Gasteiger charge is -2.14. The molecule has 0 aromatic heterocycles. The molecule has 6 heteroatoms. The number of amides is 1. The highest BCUT2D eigenvalue weighted by atomic mass is 32.2. The van der Waals surface area contributed by atoms with Gasteiger partial charge in [0.25, 0.3) is 0 Å². The van der Waals surface area contributed by atoms with E-state index in [0.717, 1.165) is 5.56 Å². The molecule has 0 radical (unpaired) electrons. The molecule has 1 rings (SSSR count). The van der Waals surface area contributed by atoms with Crippen molar-refractivity contribution in [3.63, 3.8) is 0 Å². The van der Waals surface area contributed by atoms with Gasteiger partial charge in [0, 0.05) is 19.8 Å². The first-order valence-corrected chi connectivity index (χ1v) is 7.81. The largest absolute Gasteiger partial charge is 0.376 e. The van der Waals surface area contributed by atoms with E-state index in [9.17, 15) is 13.2 Å². The fourth-order valence-electron chi connectivity index (χ4n) is 1.57. The molecule has 0 unspecified atom stereocenters. The summed E-state index contributed by atoms with van der Waals surface area (Å²) in [6, 6.07) is 4.84.